The molecule has 1 saturated heterocycles. The van der Waals surface area contributed by atoms with Gasteiger partial charge in [0.15, 0.2) is 0 Å². The molecule has 0 atom stereocenters. The van der Waals surface area contributed by atoms with E-state index in [0.29, 0.717) is 12.2 Å². The average molecular weight is 389 g/mol. The van der Waals surface area contributed by atoms with Gasteiger partial charge in [-0.25, -0.2) is 4.98 Å². The van der Waals surface area contributed by atoms with Crippen molar-refractivity contribution in [2.75, 3.05) is 13.1 Å². The molecule has 1 saturated carbocycles. The first kappa shape index (κ1) is 18.5. The van der Waals surface area contributed by atoms with E-state index in [2.05, 4.69) is 43.7 Å². The van der Waals surface area contributed by atoms with Crippen LogP contribution in [0.3, 0.4) is 0 Å². The molecule has 2 aliphatic rings. The second kappa shape index (κ2) is 7.38. The van der Waals surface area contributed by atoms with Crippen molar-refractivity contribution in [3.8, 4) is 11.3 Å². The molecule has 5 heteroatoms. The van der Waals surface area contributed by atoms with Gasteiger partial charge in [-0.15, -0.1) is 0 Å². The molecule has 2 aromatic heterocycles. The normalized spacial score (nSPS) is 18.4. The highest BCUT2D eigenvalue weighted by atomic mass is 16.1. The minimum Gasteiger partial charge on any atom is -0.331 e. The molecule has 1 aliphatic heterocycles. The maximum absolute atomic E-state index is 12.9. The van der Waals surface area contributed by atoms with E-state index in [9.17, 15) is 4.79 Å². The summed E-state index contributed by atoms with van der Waals surface area (Å²) in [6, 6.07) is 9.28. The van der Waals surface area contributed by atoms with Crippen LogP contribution in [0.4, 0.5) is 0 Å². The predicted molar refractivity (Wildman–Crippen MR) is 115 cm³/mol. The molecule has 3 aromatic rings. The van der Waals surface area contributed by atoms with Gasteiger partial charge >= 0.3 is 0 Å². The van der Waals surface area contributed by atoms with Crippen LogP contribution in [0.5, 0.6) is 0 Å². The van der Waals surface area contributed by atoms with Gasteiger partial charge in [0.2, 0.25) is 0 Å². The number of aromatic nitrogens is 3. The third kappa shape index (κ3) is 3.71. The summed E-state index contributed by atoms with van der Waals surface area (Å²) < 4.78 is 2.10. The number of rotatable bonds is 5. The van der Waals surface area contributed by atoms with Crippen LogP contribution in [0.25, 0.3) is 22.0 Å². The molecule has 2 fully saturated rings. The minimum atomic E-state index is 0.200. The Kier molecular flexibility index (Phi) is 4.70. The maximum atomic E-state index is 12.9. The van der Waals surface area contributed by atoms with Crippen LogP contribution in [0.2, 0.25) is 0 Å². The number of carbonyl (C=O) groups is 1. The number of hydrogen-bond donors (Lipinski definition) is 0. The van der Waals surface area contributed by atoms with Gasteiger partial charge in [0, 0.05) is 48.3 Å². The molecule has 0 N–H and O–H groups in total. The molecule has 150 valence electrons. The predicted octanol–water partition coefficient (Wildman–Crippen LogP) is 3.93. The SMILES string of the molecule is Cc1ncc(-c2ccc3cnc(CC(=O)C4CCN(C5CC5)CC4)cc3c2)n1C. The number of aryl methyl sites for hydroxylation is 1. The molecule has 0 unspecified atom stereocenters. The molecule has 1 aromatic carbocycles. The van der Waals surface area contributed by atoms with Crippen LogP contribution >= 0.6 is 0 Å². The second-order valence-electron chi connectivity index (χ2n) is 8.67. The number of Topliss-reactive ketones (excluding diaryl/α,β-unsaturated/α-hetero) is 1. The highest BCUT2D eigenvalue weighted by molar-refractivity contribution is 5.88. The van der Waals surface area contributed by atoms with Crippen molar-refractivity contribution >= 4 is 16.6 Å². The smallest absolute Gasteiger partial charge is 0.142 e. The molecule has 3 heterocycles. The molecule has 0 radical (unpaired) electrons. The number of piperidine rings is 1. The Morgan fingerprint density at radius 3 is 2.52 bits per heavy atom. The quantitative estimate of drug-likeness (QED) is 0.665. The fraction of sp³-hybridized carbons (Fsp3) is 0.458. The number of ketones is 1. The zero-order chi connectivity index (χ0) is 20.0. The van der Waals surface area contributed by atoms with Gasteiger partial charge in [0.1, 0.15) is 11.6 Å². The van der Waals surface area contributed by atoms with Crippen molar-refractivity contribution in [2.24, 2.45) is 13.0 Å². The van der Waals surface area contributed by atoms with E-state index in [1.165, 1.54) is 12.8 Å². The van der Waals surface area contributed by atoms with Crippen molar-refractivity contribution in [3.05, 3.63) is 48.2 Å². The summed E-state index contributed by atoms with van der Waals surface area (Å²) in [6.07, 6.45) is 8.96. The number of hydrogen-bond acceptors (Lipinski definition) is 4. The summed E-state index contributed by atoms with van der Waals surface area (Å²) in [4.78, 5) is 24.4. The van der Waals surface area contributed by atoms with Gasteiger partial charge < -0.3 is 9.47 Å². The van der Waals surface area contributed by atoms with E-state index in [4.69, 9.17) is 0 Å². The Balaban J connectivity index is 1.32. The first-order chi connectivity index (χ1) is 14.1. The molecule has 0 amide bonds. The van der Waals surface area contributed by atoms with Gasteiger partial charge in [0.25, 0.3) is 0 Å². The third-order valence-corrected chi connectivity index (χ3v) is 6.70. The fourth-order valence-corrected chi connectivity index (χ4v) is 4.56. The van der Waals surface area contributed by atoms with Crippen molar-refractivity contribution in [1.29, 1.82) is 0 Å². The van der Waals surface area contributed by atoms with Gasteiger partial charge in [-0.3, -0.25) is 9.78 Å². The van der Waals surface area contributed by atoms with Crippen molar-refractivity contribution in [2.45, 2.75) is 45.1 Å². The molecule has 29 heavy (non-hydrogen) atoms. The molecular formula is C24H28N4O. The maximum Gasteiger partial charge on any atom is 0.142 e. The fourth-order valence-electron chi connectivity index (χ4n) is 4.56. The lowest BCUT2D eigenvalue weighted by molar-refractivity contribution is -0.123. The van der Waals surface area contributed by atoms with E-state index in [-0.39, 0.29) is 5.92 Å². The summed E-state index contributed by atoms with van der Waals surface area (Å²) in [5, 5.41) is 2.23. The molecule has 5 rings (SSSR count). The largest absolute Gasteiger partial charge is 0.331 e. The summed E-state index contributed by atoms with van der Waals surface area (Å²) >= 11 is 0. The number of pyridine rings is 1. The van der Waals surface area contributed by atoms with E-state index < -0.39 is 0 Å². The molecule has 0 bridgehead atoms. The Morgan fingerprint density at radius 2 is 1.83 bits per heavy atom. The molecule has 1 aliphatic carbocycles. The molecule has 5 nitrogen and oxygen atoms in total. The summed E-state index contributed by atoms with van der Waals surface area (Å²) in [6.45, 7) is 4.17. The number of nitrogens with zero attached hydrogens (tertiary/aromatic N) is 4. The lowest BCUT2D eigenvalue weighted by Crippen LogP contribution is -2.38. The third-order valence-electron chi connectivity index (χ3n) is 6.70. The van der Waals surface area contributed by atoms with Crippen LogP contribution in [-0.4, -0.2) is 44.3 Å². The molecular weight excluding hydrogens is 360 g/mol. The van der Waals surface area contributed by atoms with Crippen LogP contribution in [0.15, 0.2) is 36.7 Å². The monoisotopic (exact) mass is 388 g/mol. The van der Waals surface area contributed by atoms with E-state index in [1.807, 2.05) is 26.4 Å². The zero-order valence-corrected chi connectivity index (χ0v) is 17.3. The van der Waals surface area contributed by atoms with Crippen LogP contribution in [0.1, 0.15) is 37.2 Å². The molecule has 0 spiro atoms. The lowest BCUT2D eigenvalue weighted by atomic mass is 9.90. The zero-order valence-electron chi connectivity index (χ0n) is 17.3. The number of likely N-dealkylation sites (tertiary alicyclic amines) is 1. The van der Waals surface area contributed by atoms with E-state index >= 15 is 0 Å². The first-order valence-electron chi connectivity index (χ1n) is 10.7. The number of benzene rings is 1. The number of fused-ring (bicyclic) bond motifs is 1. The van der Waals surface area contributed by atoms with Crippen LogP contribution < -0.4 is 0 Å². The van der Waals surface area contributed by atoms with Gasteiger partial charge in [-0.2, -0.15) is 0 Å². The minimum absolute atomic E-state index is 0.200. The lowest BCUT2D eigenvalue weighted by Gasteiger charge is -2.31. The Hall–Kier alpha value is -2.53. The summed E-state index contributed by atoms with van der Waals surface area (Å²) in [5.74, 6) is 1.55. The Labute approximate surface area is 171 Å². The second-order valence-corrected chi connectivity index (χ2v) is 8.67. The highest BCUT2D eigenvalue weighted by Crippen LogP contribution is 2.31. The van der Waals surface area contributed by atoms with Gasteiger partial charge in [-0.1, -0.05) is 12.1 Å². The van der Waals surface area contributed by atoms with Crippen LogP contribution in [-0.2, 0) is 18.3 Å². The first-order valence-corrected chi connectivity index (χ1v) is 10.7. The standard InChI is InChI=1S/C24H28N4O/c1-16-25-15-23(27(16)2)18-3-4-19-14-26-21(12-20(19)11-18)13-24(29)17-7-9-28(10-8-17)22-5-6-22/h3-4,11-12,14-15,17,22H,5-10,13H2,1-2H3. The van der Waals surface area contributed by atoms with Crippen molar-refractivity contribution < 1.29 is 4.79 Å². The highest BCUT2D eigenvalue weighted by Gasteiger charge is 2.33. The van der Waals surface area contributed by atoms with Gasteiger partial charge in [0.05, 0.1) is 11.9 Å². The van der Waals surface area contributed by atoms with E-state index in [0.717, 1.165) is 65.5 Å². The van der Waals surface area contributed by atoms with Gasteiger partial charge in [-0.05, 0) is 63.2 Å². The Morgan fingerprint density at radius 1 is 1.03 bits per heavy atom. The van der Waals surface area contributed by atoms with Crippen molar-refractivity contribution in [1.82, 2.24) is 19.4 Å². The van der Waals surface area contributed by atoms with E-state index in [1.54, 1.807) is 0 Å². The number of carbonyl (C=O) groups excluding carboxylic acids is 1. The number of imidazole rings is 1. The van der Waals surface area contributed by atoms with Crippen molar-refractivity contribution in [3.63, 3.8) is 0 Å². The average Bonchev–Trinajstić information content (AvgIpc) is 3.53. The summed E-state index contributed by atoms with van der Waals surface area (Å²) in [7, 11) is 2.03. The summed E-state index contributed by atoms with van der Waals surface area (Å²) in [5.41, 5.74) is 3.11. The Bertz CT molecular complexity index is 1060. The topological polar surface area (TPSA) is 51.0 Å². The van der Waals surface area contributed by atoms with Crippen LogP contribution in [0, 0.1) is 12.8 Å².